The van der Waals surface area contributed by atoms with Crippen molar-refractivity contribution in [3.05, 3.63) is 53.9 Å². The van der Waals surface area contributed by atoms with Crippen molar-refractivity contribution in [1.29, 1.82) is 0 Å². The molecule has 24 heavy (non-hydrogen) atoms. The Labute approximate surface area is 144 Å². The molecule has 4 heteroatoms. The van der Waals surface area contributed by atoms with E-state index in [1.807, 2.05) is 6.07 Å². The number of carbonyl (C=O) groups excluding carboxylic acids is 1. The van der Waals surface area contributed by atoms with Crippen molar-refractivity contribution in [2.24, 2.45) is 5.92 Å². The lowest BCUT2D eigenvalue weighted by Gasteiger charge is -2.11. The van der Waals surface area contributed by atoms with Crippen molar-refractivity contribution in [2.45, 2.75) is 40.0 Å². The Bertz CT molecular complexity index is 663. The minimum Gasteiger partial charge on any atom is -0.355 e. The Morgan fingerprint density at radius 3 is 2.38 bits per heavy atom. The highest BCUT2D eigenvalue weighted by molar-refractivity contribution is 5.93. The second kappa shape index (κ2) is 8.48. The molecule has 0 atom stereocenters. The summed E-state index contributed by atoms with van der Waals surface area (Å²) in [6.07, 6.45) is 2.62. The summed E-state index contributed by atoms with van der Waals surface area (Å²) in [5.74, 6) is 0.954. The second-order valence-corrected chi connectivity index (χ2v) is 6.77. The number of hydrogen-bond acceptors (Lipinski definition) is 3. The Kier molecular flexibility index (Phi) is 6.36. The molecule has 1 aromatic heterocycles. The number of carbonyl (C=O) groups is 1. The molecule has 1 heterocycles. The number of nitrogens with zero attached hydrogens (tertiary/aromatic N) is 1. The highest BCUT2D eigenvalue weighted by atomic mass is 16.1. The van der Waals surface area contributed by atoms with Crippen LogP contribution in [0.5, 0.6) is 0 Å². The average Bonchev–Trinajstić information content (AvgIpc) is 2.55. The second-order valence-electron chi connectivity index (χ2n) is 6.77. The van der Waals surface area contributed by atoms with Crippen LogP contribution in [-0.2, 0) is 0 Å². The zero-order valence-corrected chi connectivity index (χ0v) is 15.0. The Hall–Kier alpha value is -2.36. The first-order valence-corrected chi connectivity index (χ1v) is 8.57. The van der Waals surface area contributed by atoms with Gasteiger partial charge in [-0.1, -0.05) is 39.8 Å². The molecule has 1 aromatic carbocycles. The molecule has 0 unspecified atom stereocenters. The molecule has 0 saturated heterocycles. The smallest absolute Gasteiger partial charge is 0.269 e. The fraction of sp³-hybridized carbons (Fsp3) is 0.400. The summed E-state index contributed by atoms with van der Waals surface area (Å²) in [5.41, 5.74) is 3.59. The van der Waals surface area contributed by atoms with Gasteiger partial charge in [-0.15, -0.1) is 0 Å². The van der Waals surface area contributed by atoms with Crippen molar-refractivity contribution in [2.75, 3.05) is 11.9 Å². The number of aromatic nitrogens is 1. The zero-order valence-electron chi connectivity index (χ0n) is 15.0. The molecule has 2 aromatic rings. The predicted molar refractivity (Wildman–Crippen MR) is 99.8 cm³/mol. The van der Waals surface area contributed by atoms with Crippen LogP contribution >= 0.6 is 0 Å². The summed E-state index contributed by atoms with van der Waals surface area (Å²) in [4.78, 5) is 16.3. The lowest BCUT2D eigenvalue weighted by molar-refractivity contribution is 0.0947. The first kappa shape index (κ1) is 18.0. The third-order valence-corrected chi connectivity index (χ3v) is 3.87. The first-order chi connectivity index (χ1) is 11.5. The van der Waals surface area contributed by atoms with Gasteiger partial charge in [-0.2, -0.15) is 0 Å². The fourth-order valence-electron chi connectivity index (χ4n) is 2.32. The molecule has 2 rings (SSSR count). The van der Waals surface area contributed by atoms with Gasteiger partial charge in [0, 0.05) is 24.1 Å². The molecule has 0 aliphatic carbocycles. The summed E-state index contributed by atoms with van der Waals surface area (Å²) in [6.45, 7) is 9.30. The van der Waals surface area contributed by atoms with E-state index in [0.29, 0.717) is 24.1 Å². The van der Waals surface area contributed by atoms with Crippen molar-refractivity contribution >= 4 is 17.3 Å². The number of amides is 1. The monoisotopic (exact) mass is 325 g/mol. The maximum atomic E-state index is 12.1. The van der Waals surface area contributed by atoms with Gasteiger partial charge in [-0.05, 0) is 48.1 Å². The minimum absolute atomic E-state index is 0.130. The SMILES string of the molecule is CC(C)CCNC(=O)c1cc(Nc2ccc(C(C)C)cc2)ccn1. The van der Waals surface area contributed by atoms with Crippen LogP contribution in [0.15, 0.2) is 42.6 Å². The minimum atomic E-state index is -0.130. The first-order valence-electron chi connectivity index (χ1n) is 8.57. The van der Waals surface area contributed by atoms with E-state index in [1.54, 1.807) is 12.3 Å². The zero-order chi connectivity index (χ0) is 17.5. The van der Waals surface area contributed by atoms with Crippen molar-refractivity contribution in [3.8, 4) is 0 Å². The van der Waals surface area contributed by atoms with Gasteiger partial charge in [0.1, 0.15) is 5.69 Å². The van der Waals surface area contributed by atoms with Crippen molar-refractivity contribution in [3.63, 3.8) is 0 Å². The van der Waals surface area contributed by atoms with Crippen LogP contribution in [-0.4, -0.2) is 17.4 Å². The molecule has 0 bridgehead atoms. The molecule has 128 valence electrons. The summed E-state index contributed by atoms with van der Waals surface area (Å²) in [5, 5.41) is 6.23. The summed E-state index contributed by atoms with van der Waals surface area (Å²) in [6, 6.07) is 12.0. The average molecular weight is 325 g/mol. The van der Waals surface area contributed by atoms with Gasteiger partial charge in [0.2, 0.25) is 0 Å². The lowest BCUT2D eigenvalue weighted by atomic mass is 10.0. The highest BCUT2D eigenvalue weighted by Crippen LogP contribution is 2.20. The van der Waals surface area contributed by atoms with E-state index in [0.717, 1.165) is 17.8 Å². The van der Waals surface area contributed by atoms with E-state index in [2.05, 4.69) is 67.6 Å². The van der Waals surface area contributed by atoms with E-state index >= 15 is 0 Å². The van der Waals surface area contributed by atoms with Crippen LogP contribution in [0, 0.1) is 5.92 Å². The number of rotatable bonds is 7. The van der Waals surface area contributed by atoms with Crippen LogP contribution < -0.4 is 10.6 Å². The van der Waals surface area contributed by atoms with Gasteiger partial charge < -0.3 is 10.6 Å². The largest absolute Gasteiger partial charge is 0.355 e. The maximum Gasteiger partial charge on any atom is 0.269 e. The van der Waals surface area contributed by atoms with Crippen molar-refractivity contribution in [1.82, 2.24) is 10.3 Å². The van der Waals surface area contributed by atoms with E-state index < -0.39 is 0 Å². The molecule has 0 saturated carbocycles. The number of benzene rings is 1. The summed E-state index contributed by atoms with van der Waals surface area (Å²) < 4.78 is 0. The molecule has 4 nitrogen and oxygen atoms in total. The molecular weight excluding hydrogens is 298 g/mol. The fourth-order valence-corrected chi connectivity index (χ4v) is 2.32. The number of hydrogen-bond donors (Lipinski definition) is 2. The number of pyridine rings is 1. The number of nitrogens with one attached hydrogen (secondary N) is 2. The molecule has 0 fully saturated rings. The molecule has 0 aliphatic heterocycles. The van der Waals surface area contributed by atoms with E-state index in [9.17, 15) is 4.79 Å². The predicted octanol–water partition coefficient (Wildman–Crippen LogP) is 4.72. The lowest BCUT2D eigenvalue weighted by Crippen LogP contribution is -2.26. The Morgan fingerprint density at radius 2 is 1.75 bits per heavy atom. The third kappa shape index (κ3) is 5.37. The standard InChI is InChI=1S/C20H27N3O/c1-14(2)9-11-22-20(24)19-13-18(10-12-21-19)23-17-7-5-16(6-8-17)15(3)4/h5-8,10,12-15H,9,11H2,1-4H3,(H,21,23)(H,22,24). The van der Waals surface area contributed by atoms with Crippen LogP contribution in [0.3, 0.4) is 0 Å². The maximum absolute atomic E-state index is 12.1. The summed E-state index contributed by atoms with van der Waals surface area (Å²) in [7, 11) is 0. The summed E-state index contributed by atoms with van der Waals surface area (Å²) >= 11 is 0. The molecule has 0 aliphatic rings. The molecule has 2 N–H and O–H groups in total. The van der Waals surface area contributed by atoms with Crippen LogP contribution in [0.25, 0.3) is 0 Å². The van der Waals surface area contributed by atoms with Gasteiger partial charge in [0.05, 0.1) is 0 Å². The molecular formula is C20H27N3O. The van der Waals surface area contributed by atoms with Gasteiger partial charge in [0.25, 0.3) is 5.91 Å². The van der Waals surface area contributed by atoms with Gasteiger partial charge in [-0.3, -0.25) is 9.78 Å². The third-order valence-electron chi connectivity index (χ3n) is 3.87. The van der Waals surface area contributed by atoms with Gasteiger partial charge in [0.15, 0.2) is 0 Å². The normalized spacial score (nSPS) is 10.9. The molecule has 0 spiro atoms. The van der Waals surface area contributed by atoms with Crippen molar-refractivity contribution < 1.29 is 4.79 Å². The quantitative estimate of drug-likeness (QED) is 0.774. The van der Waals surface area contributed by atoms with Crippen LogP contribution in [0.4, 0.5) is 11.4 Å². The highest BCUT2D eigenvalue weighted by Gasteiger charge is 2.08. The van der Waals surface area contributed by atoms with E-state index in [1.165, 1.54) is 5.56 Å². The van der Waals surface area contributed by atoms with Crippen LogP contribution in [0.1, 0.15) is 56.1 Å². The molecule has 1 amide bonds. The van der Waals surface area contributed by atoms with Crippen LogP contribution in [0.2, 0.25) is 0 Å². The Balaban J connectivity index is 2.00. The van der Waals surface area contributed by atoms with Gasteiger partial charge >= 0.3 is 0 Å². The topological polar surface area (TPSA) is 54.0 Å². The Morgan fingerprint density at radius 1 is 1.04 bits per heavy atom. The molecule has 0 radical (unpaired) electrons. The van der Waals surface area contributed by atoms with Gasteiger partial charge in [-0.25, -0.2) is 0 Å². The van der Waals surface area contributed by atoms with E-state index in [4.69, 9.17) is 0 Å². The number of anilines is 2. The van der Waals surface area contributed by atoms with E-state index in [-0.39, 0.29) is 5.91 Å².